The highest BCUT2D eigenvalue weighted by Gasteiger charge is 2.44. The number of ether oxygens (including phenoxy) is 2. The Bertz CT molecular complexity index is 419. The molecule has 2 saturated heterocycles. The molecule has 2 spiro atoms. The van der Waals surface area contributed by atoms with E-state index in [-0.39, 0.29) is 0 Å². The third-order valence-electron chi connectivity index (χ3n) is 5.30. The maximum absolute atomic E-state index is 9.10. The number of hydrogen-bond donors (Lipinski definition) is 4. The molecule has 0 aromatic carbocycles. The van der Waals surface area contributed by atoms with E-state index in [1.54, 1.807) is 0 Å². The summed E-state index contributed by atoms with van der Waals surface area (Å²) in [6.07, 6.45) is 7.43. The first-order valence-corrected chi connectivity index (χ1v) is 8.39. The molecule has 4 aliphatic rings. The Labute approximate surface area is 141 Å². The Morgan fingerprint density at radius 1 is 0.792 bits per heavy atom. The zero-order valence-corrected chi connectivity index (χ0v) is 13.9. The van der Waals surface area contributed by atoms with Gasteiger partial charge in [-0.2, -0.15) is 0 Å². The molecule has 2 heterocycles. The zero-order valence-electron chi connectivity index (χ0n) is 13.9. The second-order valence-corrected chi connectivity index (χ2v) is 7.60. The molecule has 2 saturated carbocycles. The van der Waals surface area contributed by atoms with Crippen molar-refractivity contribution in [3.8, 4) is 0 Å². The van der Waals surface area contributed by atoms with Crippen molar-refractivity contribution in [1.82, 2.24) is 0 Å². The monoisotopic (exact) mass is 344 g/mol. The SMILES string of the molecule is NC1CCC2(COC2)C1.NC1CCC2(COC2)C1.O=C(O)C(=O)O. The van der Waals surface area contributed by atoms with Crippen LogP contribution in [-0.2, 0) is 19.1 Å². The first-order valence-electron chi connectivity index (χ1n) is 8.39. The maximum atomic E-state index is 9.10. The van der Waals surface area contributed by atoms with E-state index in [0.29, 0.717) is 22.9 Å². The predicted molar refractivity (Wildman–Crippen MR) is 85.4 cm³/mol. The number of nitrogens with two attached hydrogens (primary N) is 2. The van der Waals surface area contributed by atoms with Crippen LogP contribution in [0.15, 0.2) is 0 Å². The highest BCUT2D eigenvalue weighted by atomic mass is 16.5. The molecule has 2 aliphatic heterocycles. The molecule has 8 heteroatoms. The molecule has 8 nitrogen and oxygen atoms in total. The van der Waals surface area contributed by atoms with Gasteiger partial charge in [-0.25, -0.2) is 9.59 Å². The fourth-order valence-corrected chi connectivity index (χ4v) is 3.81. The van der Waals surface area contributed by atoms with Gasteiger partial charge in [0.05, 0.1) is 26.4 Å². The van der Waals surface area contributed by atoms with Gasteiger partial charge in [0.25, 0.3) is 0 Å². The summed E-state index contributed by atoms with van der Waals surface area (Å²) < 4.78 is 10.3. The van der Waals surface area contributed by atoms with Crippen molar-refractivity contribution in [2.24, 2.45) is 22.3 Å². The largest absolute Gasteiger partial charge is 0.473 e. The van der Waals surface area contributed by atoms with E-state index in [4.69, 9.17) is 40.7 Å². The minimum atomic E-state index is -1.82. The smallest absolute Gasteiger partial charge is 0.414 e. The standard InChI is InChI=1S/2C7H13NO.C2H2O4/c2*8-6-1-2-7(3-6)4-9-5-7;3-1(4)2(5)6/h2*6H,1-5,8H2;(H,3,4)(H,5,6). The van der Waals surface area contributed by atoms with E-state index in [2.05, 4.69) is 0 Å². The molecular weight excluding hydrogens is 316 g/mol. The van der Waals surface area contributed by atoms with E-state index in [9.17, 15) is 0 Å². The highest BCUT2D eigenvalue weighted by Crippen LogP contribution is 2.43. The van der Waals surface area contributed by atoms with Crippen LogP contribution in [0.5, 0.6) is 0 Å². The second-order valence-electron chi connectivity index (χ2n) is 7.60. The predicted octanol–water partition coefficient (Wildman–Crippen LogP) is 0.184. The van der Waals surface area contributed by atoms with Gasteiger partial charge in [0.1, 0.15) is 0 Å². The van der Waals surface area contributed by atoms with Crippen LogP contribution >= 0.6 is 0 Å². The fraction of sp³-hybridized carbons (Fsp3) is 0.875. The van der Waals surface area contributed by atoms with Gasteiger partial charge in [-0.1, -0.05) is 0 Å². The van der Waals surface area contributed by atoms with Crippen molar-refractivity contribution in [2.45, 2.75) is 50.6 Å². The number of carboxylic acid groups (broad SMARTS) is 2. The lowest BCUT2D eigenvalue weighted by molar-refractivity contribution is -0.159. The van der Waals surface area contributed by atoms with Crippen molar-refractivity contribution in [3.63, 3.8) is 0 Å². The summed E-state index contributed by atoms with van der Waals surface area (Å²) in [7, 11) is 0. The molecule has 2 aliphatic carbocycles. The number of rotatable bonds is 0. The van der Waals surface area contributed by atoms with E-state index >= 15 is 0 Å². The Kier molecular flexibility index (Phi) is 6.19. The lowest BCUT2D eigenvalue weighted by Crippen LogP contribution is -2.41. The van der Waals surface area contributed by atoms with Crippen LogP contribution in [0, 0.1) is 10.8 Å². The third-order valence-corrected chi connectivity index (χ3v) is 5.30. The summed E-state index contributed by atoms with van der Waals surface area (Å²) in [5.74, 6) is -3.65. The van der Waals surface area contributed by atoms with Gasteiger partial charge >= 0.3 is 11.9 Å². The molecule has 4 fully saturated rings. The second kappa shape index (κ2) is 7.77. The summed E-state index contributed by atoms with van der Waals surface area (Å²) in [6, 6.07) is 0.933. The van der Waals surface area contributed by atoms with Gasteiger partial charge in [-0.15, -0.1) is 0 Å². The molecular formula is C16H28N2O6. The van der Waals surface area contributed by atoms with Crippen molar-refractivity contribution >= 4 is 11.9 Å². The Morgan fingerprint density at radius 3 is 1.21 bits per heavy atom. The topological polar surface area (TPSA) is 145 Å². The Balaban J connectivity index is 0.000000134. The van der Waals surface area contributed by atoms with Gasteiger partial charge in [0.2, 0.25) is 0 Å². The number of carbonyl (C=O) groups is 2. The summed E-state index contributed by atoms with van der Waals surface area (Å²) in [5.41, 5.74) is 12.6. The van der Waals surface area contributed by atoms with Gasteiger partial charge in [0, 0.05) is 22.9 Å². The van der Waals surface area contributed by atoms with Crippen LogP contribution in [-0.4, -0.2) is 60.7 Å². The molecule has 0 bridgehead atoms. The maximum Gasteiger partial charge on any atom is 0.414 e. The lowest BCUT2D eigenvalue weighted by Gasteiger charge is -2.37. The Morgan fingerprint density at radius 2 is 1.12 bits per heavy atom. The van der Waals surface area contributed by atoms with Crippen LogP contribution in [0.2, 0.25) is 0 Å². The molecule has 2 unspecified atom stereocenters. The molecule has 6 N–H and O–H groups in total. The molecule has 4 rings (SSSR count). The van der Waals surface area contributed by atoms with Crippen molar-refractivity contribution in [3.05, 3.63) is 0 Å². The number of hydrogen-bond acceptors (Lipinski definition) is 6. The molecule has 0 amide bonds. The quantitative estimate of drug-likeness (QED) is 0.455. The molecule has 0 aromatic heterocycles. The molecule has 138 valence electrons. The van der Waals surface area contributed by atoms with Crippen LogP contribution in [0.3, 0.4) is 0 Å². The van der Waals surface area contributed by atoms with Gasteiger partial charge < -0.3 is 31.2 Å². The normalized spacial score (nSPS) is 31.1. The van der Waals surface area contributed by atoms with Crippen LogP contribution in [0.1, 0.15) is 38.5 Å². The fourth-order valence-electron chi connectivity index (χ4n) is 3.81. The average Bonchev–Trinajstić information content (AvgIpc) is 3.03. The van der Waals surface area contributed by atoms with E-state index < -0.39 is 11.9 Å². The summed E-state index contributed by atoms with van der Waals surface area (Å²) in [5, 5.41) is 14.8. The van der Waals surface area contributed by atoms with E-state index in [1.807, 2.05) is 0 Å². The number of aliphatic carboxylic acids is 2. The Hall–Kier alpha value is -1.22. The average molecular weight is 344 g/mol. The minimum absolute atomic E-state index is 0.467. The van der Waals surface area contributed by atoms with Gasteiger partial charge in [-0.3, -0.25) is 0 Å². The lowest BCUT2D eigenvalue weighted by atomic mass is 9.84. The van der Waals surface area contributed by atoms with Crippen molar-refractivity contribution < 1.29 is 29.3 Å². The van der Waals surface area contributed by atoms with E-state index in [0.717, 1.165) is 26.4 Å². The molecule has 2 atom stereocenters. The summed E-state index contributed by atoms with van der Waals surface area (Å²) in [6.45, 7) is 3.89. The van der Waals surface area contributed by atoms with Crippen molar-refractivity contribution in [2.75, 3.05) is 26.4 Å². The third kappa shape index (κ3) is 4.89. The van der Waals surface area contributed by atoms with Crippen LogP contribution in [0.4, 0.5) is 0 Å². The van der Waals surface area contributed by atoms with Crippen LogP contribution in [0.25, 0.3) is 0 Å². The first kappa shape index (κ1) is 19.1. The van der Waals surface area contributed by atoms with Crippen LogP contribution < -0.4 is 11.5 Å². The van der Waals surface area contributed by atoms with Gasteiger partial charge in [0.15, 0.2) is 0 Å². The minimum Gasteiger partial charge on any atom is -0.473 e. The van der Waals surface area contributed by atoms with Crippen molar-refractivity contribution in [1.29, 1.82) is 0 Å². The molecule has 0 aromatic rings. The first-order chi connectivity index (χ1) is 11.3. The number of carboxylic acids is 2. The molecule has 0 radical (unpaired) electrons. The highest BCUT2D eigenvalue weighted by molar-refractivity contribution is 6.27. The summed E-state index contributed by atoms with van der Waals surface area (Å²) >= 11 is 0. The van der Waals surface area contributed by atoms with E-state index in [1.165, 1.54) is 38.5 Å². The molecule has 24 heavy (non-hydrogen) atoms. The summed E-state index contributed by atoms with van der Waals surface area (Å²) in [4.78, 5) is 18.2. The van der Waals surface area contributed by atoms with Gasteiger partial charge in [-0.05, 0) is 38.5 Å². The zero-order chi connectivity index (χ0) is 17.8.